The quantitative estimate of drug-likeness (QED) is 0.748. The number of thiophene rings is 1. The average molecular weight is 325 g/mol. The maximum atomic E-state index is 12.6. The van der Waals surface area contributed by atoms with Crippen molar-refractivity contribution in [1.29, 1.82) is 0 Å². The van der Waals surface area contributed by atoms with Crippen molar-refractivity contribution in [2.75, 3.05) is 5.32 Å². The van der Waals surface area contributed by atoms with Gasteiger partial charge in [0.05, 0.1) is 17.1 Å². The summed E-state index contributed by atoms with van der Waals surface area (Å²) in [6.45, 7) is 0. The summed E-state index contributed by atoms with van der Waals surface area (Å²) in [6, 6.07) is 12.3. The topological polar surface area (TPSA) is 46.9 Å². The number of hydrogen-bond donors (Lipinski definition) is 1. The van der Waals surface area contributed by atoms with Gasteiger partial charge in [0.15, 0.2) is 0 Å². The van der Waals surface area contributed by atoms with Crippen LogP contribution in [0.15, 0.2) is 42.6 Å². The van der Waals surface area contributed by atoms with Crippen molar-refractivity contribution in [1.82, 2.24) is 9.78 Å². The summed E-state index contributed by atoms with van der Waals surface area (Å²) in [7, 11) is 0. The van der Waals surface area contributed by atoms with Gasteiger partial charge in [0.25, 0.3) is 5.91 Å². The lowest BCUT2D eigenvalue weighted by molar-refractivity contribution is 0.102. The number of anilines is 1. The third kappa shape index (κ3) is 2.88. The van der Waals surface area contributed by atoms with Gasteiger partial charge in [-0.3, -0.25) is 4.79 Å². The van der Waals surface area contributed by atoms with Crippen molar-refractivity contribution in [2.45, 2.75) is 38.1 Å². The molecule has 1 aliphatic carbocycles. The van der Waals surface area contributed by atoms with Gasteiger partial charge in [-0.15, -0.1) is 11.3 Å². The van der Waals surface area contributed by atoms with E-state index in [9.17, 15) is 4.79 Å². The zero-order chi connectivity index (χ0) is 15.6. The third-order valence-corrected chi connectivity index (χ3v) is 5.60. The number of fused-ring (bicyclic) bond motifs is 1. The molecule has 1 saturated carbocycles. The molecule has 0 atom stereocenters. The molecule has 0 radical (unpaired) electrons. The van der Waals surface area contributed by atoms with E-state index in [4.69, 9.17) is 0 Å². The van der Waals surface area contributed by atoms with Crippen molar-refractivity contribution in [3.05, 3.63) is 47.5 Å². The first kappa shape index (κ1) is 14.5. The van der Waals surface area contributed by atoms with Gasteiger partial charge < -0.3 is 5.32 Å². The van der Waals surface area contributed by atoms with Crippen LogP contribution in [0.1, 0.15) is 47.8 Å². The summed E-state index contributed by atoms with van der Waals surface area (Å²) in [6.07, 6.45) is 7.86. The number of amides is 1. The van der Waals surface area contributed by atoms with E-state index >= 15 is 0 Å². The molecule has 1 N–H and O–H groups in total. The van der Waals surface area contributed by atoms with Gasteiger partial charge in [0.1, 0.15) is 5.82 Å². The number of carbonyl (C=O) groups excluding carboxylic acids is 1. The minimum atomic E-state index is -0.0521. The second-order valence-corrected chi connectivity index (χ2v) is 7.14. The Balaban J connectivity index is 1.55. The van der Waals surface area contributed by atoms with E-state index in [0.717, 1.165) is 33.6 Å². The Morgan fingerprint density at radius 2 is 2.00 bits per heavy atom. The van der Waals surface area contributed by atoms with Crippen molar-refractivity contribution in [2.24, 2.45) is 0 Å². The van der Waals surface area contributed by atoms with Gasteiger partial charge in [-0.05, 0) is 30.4 Å². The fraction of sp³-hybridized carbons (Fsp3) is 0.333. The summed E-state index contributed by atoms with van der Waals surface area (Å²) in [5, 5.41) is 8.59. The molecule has 23 heavy (non-hydrogen) atoms. The fourth-order valence-electron chi connectivity index (χ4n) is 3.30. The van der Waals surface area contributed by atoms with Crippen LogP contribution in [0, 0.1) is 0 Å². The van der Waals surface area contributed by atoms with Gasteiger partial charge in [-0.25, -0.2) is 4.68 Å². The monoisotopic (exact) mass is 325 g/mol. The van der Waals surface area contributed by atoms with Crippen LogP contribution in [0.4, 0.5) is 5.82 Å². The predicted octanol–water partition coefficient (Wildman–Crippen LogP) is 4.86. The number of carbonyl (C=O) groups is 1. The number of rotatable bonds is 3. The van der Waals surface area contributed by atoms with Crippen LogP contribution in [0.5, 0.6) is 0 Å². The van der Waals surface area contributed by atoms with Crippen LogP contribution in [0.3, 0.4) is 0 Å². The molecule has 4 nitrogen and oxygen atoms in total. The molecule has 5 heteroatoms. The molecule has 1 amide bonds. The van der Waals surface area contributed by atoms with Gasteiger partial charge in [-0.1, -0.05) is 37.5 Å². The highest BCUT2D eigenvalue weighted by atomic mass is 32.1. The molecule has 3 aromatic rings. The minimum absolute atomic E-state index is 0.0521. The summed E-state index contributed by atoms with van der Waals surface area (Å²) in [5.74, 6) is 0.753. The highest BCUT2D eigenvalue weighted by Gasteiger charge is 2.20. The zero-order valence-electron chi connectivity index (χ0n) is 12.9. The number of nitrogens with one attached hydrogen (secondary N) is 1. The summed E-state index contributed by atoms with van der Waals surface area (Å²) < 4.78 is 3.13. The maximum absolute atomic E-state index is 12.6. The highest BCUT2D eigenvalue weighted by molar-refractivity contribution is 7.20. The molecule has 1 aromatic carbocycles. The molecule has 0 saturated heterocycles. The van der Waals surface area contributed by atoms with Crippen LogP contribution >= 0.6 is 11.3 Å². The standard InChI is InChI=1S/C18H19N3OS/c22-18(16-12-13-6-4-5-9-15(13)23-16)20-17-10-11-19-21(17)14-7-2-1-3-8-14/h4-6,9-12,14H,1-3,7-8H2,(H,20,22). The molecule has 1 aliphatic rings. The Bertz CT molecular complexity index is 797. The van der Waals surface area contributed by atoms with E-state index in [2.05, 4.69) is 10.4 Å². The summed E-state index contributed by atoms with van der Waals surface area (Å²) >= 11 is 1.53. The number of nitrogens with zero attached hydrogens (tertiary/aromatic N) is 2. The predicted molar refractivity (Wildman–Crippen MR) is 94.1 cm³/mol. The van der Waals surface area contributed by atoms with E-state index in [1.54, 1.807) is 6.20 Å². The van der Waals surface area contributed by atoms with Crippen LogP contribution in [-0.2, 0) is 0 Å². The first-order valence-electron chi connectivity index (χ1n) is 8.15. The first-order chi connectivity index (χ1) is 11.3. The summed E-state index contributed by atoms with van der Waals surface area (Å²) in [5.41, 5.74) is 0. The lowest BCUT2D eigenvalue weighted by Gasteiger charge is -2.23. The second-order valence-electron chi connectivity index (χ2n) is 6.06. The Morgan fingerprint density at radius 1 is 1.17 bits per heavy atom. The molecule has 118 valence electrons. The largest absolute Gasteiger partial charge is 0.306 e. The molecule has 0 bridgehead atoms. The molecule has 2 heterocycles. The van der Waals surface area contributed by atoms with E-state index in [-0.39, 0.29) is 5.91 Å². The Labute approximate surface area is 139 Å². The molecular weight excluding hydrogens is 306 g/mol. The molecular formula is C18H19N3OS. The maximum Gasteiger partial charge on any atom is 0.266 e. The number of hydrogen-bond acceptors (Lipinski definition) is 3. The summed E-state index contributed by atoms with van der Waals surface area (Å²) in [4.78, 5) is 13.3. The van der Waals surface area contributed by atoms with Gasteiger partial charge in [0, 0.05) is 10.8 Å². The minimum Gasteiger partial charge on any atom is -0.306 e. The Kier molecular flexibility index (Phi) is 3.87. The van der Waals surface area contributed by atoms with Crippen LogP contribution < -0.4 is 5.32 Å². The van der Waals surface area contributed by atoms with Gasteiger partial charge >= 0.3 is 0 Å². The molecule has 4 rings (SSSR count). The van der Waals surface area contributed by atoms with Crippen molar-refractivity contribution in [3.63, 3.8) is 0 Å². The van der Waals surface area contributed by atoms with E-state index < -0.39 is 0 Å². The smallest absolute Gasteiger partial charge is 0.266 e. The molecule has 0 unspecified atom stereocenters. The highest BCUT2D eigenvalue weighted by Crippen LogP contribution is 2.31. The number of benzene rings is 1. The Hall–Kier alpha value is -2.14. The fourth-order valence-corrected chi connectivity index (χ4v) is 4.26. The van der Waals surface area contributed by atoms with Crippen LogP contribution in [0.25, 0.3) is 10.1 Å². The SMILES string of the molecule is O=C(Nc1ccnn1C1CCCCC1)c1cc2ccccc2s1. The normalized spacial score (nSPS) is 15.8. The van der Waals surface area contributed by atoms with Crippen LogP contribution in [-0.4, -0.2) is 15.7 Å². The lowest BCUT2D eigenvalue weighted by Crippen LogP contribution is -2.19. The van der Waals surface area contributed by atoms with Crippen molar-refractivity contribution < 1.29 is 4.79 Å². The lowest BCUT2D eigenvalue weighted by atomic mass is 9.96. The Morgan fingerprint density at radius 3 is 2.83 bits per heavy atom. The zero-order valence-corrected chi connectivity index (χ0v) is 13.7. The number of aromatic nitrogens is 2. The van der Waals surface area contributed by atoms with E-state index in [0.29, 0.717) is 6.04 Å². The average Bonchev–Trinajstić information content (AvgIpc) is 3.22. The van der Waals surface area contributed by atoms with Gasteiger partial charge in [0.2, 0.25) is 0 Å². The van der Waals surface area contributed by atoms with E-state index in [1.165, 1.54) is 30.6 Å². The molecule has 0 spiro atoms. The van der Waals surface area contributed by atoms with Crippen LogP contribution in [0.2, 0.25) is 0 Å². The molecule has 2 aromatic heterocycles. The van der Waals surface area contributed by atoms with Crippen molar-refractivity contribution >= 4 is 33.1 Å². The van der Waals surface area contributed by atoms with E-state index in [1.807, 2.05) is 41.1 Å². The molecule has 1 fully saturated rings. The molecule has 0 aliphatic heterocycles. The third-order valence-electron chi connectivity index (χ3n) is 4.48. The van der Waals surface area contributed by atoms with Gasteiger partial charge in [-0.2, -0.15) is 5.10 Å². The first-order valence-corrected chi connectivity index (χ1v) is 8.96. The van der Waals surface area contributed by atoms with Crippen molar-refractivity contribution in [3.8, 4) is 0 Å². The second kappa shape index (κ2) is 6.16.